The van der Waals surface area contributed by atoms with E-state index in [0.29, 0.717) is 25.7 Å². The fourth-order valence-corrected chi connectivity index (χ4v) is 4.42. The van der Waals surface area contributed by atoms with Gasteiger partial charge in [0.2, 0.25) is 5.91 Å². The molecule has 0 aliphatic carbocycles. The van der Waals surface area contributed by atoms with E-state index < -0.39 is 0 Å². The van der Waals surface area contributed by atoms with E-state index in [1.165, 1.54) is 0 Å². The summed E-state index contributed by atoms with van der Waals surface area (Å²) >= 11 is 0. The molecule has 0 radical (unpaired) electrons. The molecule has 6 heteroatoms. The fourth-order valence-electron chi connectivity index (χ4n) is 4.42. The van der Waals surface area contributed by atoms with E-state index in [-0.39, 0.29) is 11.3 Å². The van der Waals surface area contributed by atoms with Crippen molar-refractivity contribution >= 4 is 5.91 Å². The van der Waals surface area contributed by atoms with E-state index >= 15 is 0 Å². The van der Waals surface area contributed by atoms with Gasteiger partial charge in [-0.2, -0.15) is 0 Å². The van der Waals surface area contributed by atoms with Crippen LogP contribution in [0.5, 0.6) is 0 Å². The summed E-state index contributed by atoms with van der Waals surface area (Å²) in [6.45, 7) is 7.19. The minimum Gasteiger partial charge on any atom is -0.468 e. The predicted molar refractivity (Wildman–Crippen MR) is 92.0 cm³/mol. The highest BCUT2D eigenvalue weighted by molar-refractivity contribution is 5.79. The Morgan fingerprint density at radius 1 is 1.16 bits per heavy atom. The molecule has 0 saturated carbocycles. The lowest BCUT2D eigenvalue weighted by molar-refractivity contribution is -0.139. The number of rotatable bonds is 3. The van der Waals surface area contributed by atoms with Gasteiger partial charge in [0.1, 0.15) is 5.76 Å². The topological polar surface area (TPSA) is 55.1 Å². The van der Waals surface area contributed by atoms with Gasteiger partial charge in [0.05, 0.1) is 26.0 Å². The predicted octanol–water partition coefficient (Wildman–Crippen LogP) is 1.76. The summed E-state index contributed by atoms with van der Waals surface area (Å²) in [5.74, 6) is 1.43. The molecule has 4 heterocycles. The van der Waals surface area contributed by atoms with Crippen molar-refractivity contribution in [1.82, 2.24) is 9.80 Å². The lowest BCUT2D eigenvalue weighted by Crippen LogP contribution is -2.46. The second-order valence-corrected chi connectivity index (χ2v) is 7.74. The van der Waals surface area contributed by atoms with Gasteiger partial charge in [-0.3, -0.25) is 9.69 Å². The van der Waals surface area contributed by atoms with E-state index in [1.807, 2.05) is 12.1 Å². The zero-order valence-corrected chi connectivity index (χ0v) is 14.8. The summed E-state index contributed by atoms with van der Waals surface area (Å²) in [5.41, 5.74) is 0.0594. The van der Waals surface area contributed by atoms with E-state index in [9.17, 15) is 4.79 Å². The lowest BCUT2D eigenvalue weighted by Gasteiger charge is -2.34. The Bertz CT molecular complexity index is 570. The first-order valence-electron chi connectivity index (χ1n) is 9.43. The van der Waals surface area contributed by atoms with Gasteiger partial charge in [0.15, 0.2) is 0 Å². The quantitative estimate of drug-likeness (QED) is 0.833. The van der Waals surface area contributed by atoms with Crippen LogP contribution in [0.3, 0.4) is 0 Å². The van der Waals surface area contributed by atoms with Gasteiger partial charge in [0.25, 0.3) is 0 Å². The molecule has 3 aliphatic rings. The standard InChI is InChI=1S/C19H28N2O4/c22-18(16-3-9-23-10-4-16)21-7-11-24-15-19(14-21)5-6-20(13-19)12-17-2-1-8-25-17/h1-2,8,16H,3-7,9-15H2/t19-/m1/s1. The molecule has 0 N–H and O–H groups in total. The number of carbonyl (C=O) groups excluding carboxylic acids is 1. The molecule has 0 bridgehead atoms. The van der Waals surface area contributed by atoms with Crippen LogP contribution in [0.15, 0.2) is 22.8 Å². The SMILES string of the molecule is O=C(C1CCOCC1)N1CCOC[C@@]2(CCN(Cc3ccco3)C2)C1. The first-order chi connectivity index (χ1) is 12.2. The minimum absolute atomic E-state index is 0.0594. The van der Waals surface area contributed by atoms with Crippen LogP contribution in [0.4, 0.5) is 0 Å². The summed E-state index contributed by atoms with van der Waals surface area (Å²) in [5, 5.41) is 0. The molecule has 1 atom stereocenters. The molecule has 25 heavy (non-hydrogen) atoms. The maximum atomic E-state index is 13.0. The van der Waals surface area contributed by atoms with Gasteiger partial charge in [-0.05, 0) is 37.9 Å². The van der Waals surface area contributed by atoms with E-state index in [1.54, 1.807) is 6.26 Å². The Morgan fingerprint density at radius 2 is 2.04 bits per heavy atom. The zero-order valence-electron chi connectivity index (χ0n) is 14.8. The number of carbonyl (C=O) groups is 1. The maximum Gasteiger partial charge on any atom is 0.225 e. The number of furan rings is 1. The molecule has 1 aromatic heterocycles. The normalized spacial score (nSPS) is 29.2. The van der Waals surface area contributed by atoms with Crippen LogP contribution >= 0.6 is 0 Å². The van der Waals surface area contributed by atoms with Gasteiger partial charge in [0, 0.05) is 44.2 Å². The molecule has 0 aromatic carbocycles. The molecule has 0 unspecified atom stereocenters. The van der Waals surface area contributed by atoms with Crippen molar-refractivity contribution in [3.63, 3.8) is 0 Å². The fraction of sp³-hybridized carbons (Fsp3) is 0.737. The highest BCUT2D eigenvalue weighted by Gasteiger charge is 2.43. The molecule has 1 aromatic rings. The first-order valence-corrected chi connectivity index (χ1v) is 9.43. The van der Waals surface area contributed by atoms with Crippen molar-refractivity contribution in [2.24, 2.45) is 11.3 Å². The minimum atomic E-state index is 0.0594. The van der Waals surface area contributed by atoms with Crippen LogP contribution in [0.1, 0.15) is 25.0 Å². The number of likely N-dealkylation sites (tertiary alicyclic amines) is 1. The number of hydrogen-bond acceptors (Lipinski definition) is 5. The van der Waals surface area contributed by atoms with Crippen molar-refractivity contribution in [2.45, 2.75) is 25.8 Å². The van der Waals surface area contributed by atoms with Crippen LogP contribution < -0.4 is 0 Å². The Labute approximate surface area is 149 Å². The van der Waals surface area contributed by atoms with Crippen molar-refractivity contribution in [3.8, 4) is 0 Å². The number of hydrogen-bond donors (Lipinski definition) is 0. The second kappa shape index (κ2) is 7.48. The Balaban J connectivity index is 1.40. The first kappa shape index (κ1) is 17.1. The third kappa shape index (κ3) is 3.91. The van der Waals surface area contributed by atoms with Gasteiger partial charge < -0.3 is 18.8 Å². The molecular formula is C19H28N2O4. The summed E-state index contributed by atoms with van der Waals surface area (Å²) in [6.07, 6.45) is 4.51. The van der Waals surface area contributed by atoms with Gasteiger partial charge in [-0.15, -0.1) is 0 Å². The molecule has 4 rings (SSSR count). The molecule has 138 valence electrons. The van der Waals surface area contributed by atoms with Crippen LogP contribution in [0, 0.1) is 11.3 Å². The molecular weight excluding hydrogens is 320 g/mol. The molecule has 6 nitrogen and oxygen atoms in total. The van der Waals surface area contributed by atoms with Crippen molar-refractivity contribution in [2.75, 3.05) is 52.6 Å². The second-order valence-electron chi connectivity index (χ2n) is 7.74. The average Bonchev–Trinajstić information content (AvgIpc) is 3.23. The van der Waals surface area contributed by atoms with E-state index in [4.69, 9.17) is 13.9 Å². The Kier molecular flexibility index (Phi) is 5.10. The van der Waals surface area contributed by atoms with Crippen molar-refractivity contribution in [3.05, 3.63) is 24.2 Å². The number of ether oxygens (including phenoxy) is 2. The number of nitrogens with zero attached hydrogens (tertiary/aromatic N) is 2. The molecule has 3 saturated heterocycles. The Hall–Kier alpha value is -1.37. The molecule has 3 aliphatic heterocycles. The van der Waals surface area contributed by atoms with Gasteiger partial charge in [-0.1, -0.05) is 0 Å². The monoisotopic (exact) mass is 348 g/mol. The third-order valence-electron chi connectivity index (χ3n) is 5.80. The molecule has 1 spiro atoms. The summed E-state index contributed by atoms with van der Waals surface area (Å²) in [7, 11) is 0. The highest BCUT2D eigenvalue weighted by atomic mass is 16.5. The smallest absolute Gasteiger partial charge is 0.225 e. The summed E-state index contributed by atoms with van der Waals surface area (Å²) in [4.78, 5) is 17.5. The Morgan fingerprint density at radius 3 is 2.84 bits per heavy atom. The van der Waals surface area contributed by atoms with Crippen LogP contribution in [0.25, 0.3) is 0 Å². The maximum absolute atomic E-state index is 13.0. The van der Waals surface area contributed by atoms with Crippen LogP contribution in [-0.4, -0.2) is 68.3 Å². The van der Waals surface area contributed by atoms with Crippen LogP contribution in [0.2, 0.25) is 0 Å². The highest BCUT2D eigenvalue weighted by Crippen LogP contribution is 2.35. The van der Waals surface area contributed by atoms with Crippen LogP contribution in [-0.2, 0) is 20.8 Å². The number of amides is 1. The van der Waals surface area contributed by atoms with Crippen molar-refractivity contribution in [1.29, 1.82) is 0 Å². The summed E-state index contributed by atoms with van der Waals surface area (Å²) in [6, 6.07) is 3.96. The lowest BCUT2D eigenvalue weighted by atomic mass is 9.87. The van der Waals surface area contributed by atoms with Gasteiger partial charge in [-0.25, -0.2) is 0 Å². The van der Waals surface area contributed by atoms with E-state index in [2.05, 4.69) is 9.80 Å². The van der Waals surface area contributed by atoms with Crippen molar-refractivity contribution < 1.29 is 18.7 Å². The molecule has 3 fully saturated rings. The average molecular weight is 348 g/mol. The summed E-state index contributed by atoms with van der Waals surface area (Å²) < 4.78 is 16.8. The largest absolute Gasteiger partial charge is 0.468 e. The van der Waals surface area contributed by atoms with E-state index in [0.717, 1.165) is 64.4 Å². The van der Waals surface area contributed by atoms with Gasteiger partial charge >= 0.3 is 0 Å². The third-order valence-corrected chi connectivity index (χ3v) is 5.80. The molecule has 1 amide bonds. The zero-order chi connectivity index (χ0) is 17.1.